The van der Waals surface area contributed by atoms with Crippen molar-refractivity contribution in [1.82, 2.24) is 0 Å². The molecular formula is C108H184. The number of hydrogen-bond donors (Lipinski definition) is 0. The van der Waals surface area contributed by atoms with Gasteiger partial charge in [0.25, 0.3) is 0 Å². The van der Waals surface area contributed by atoms with Crippen LogP contribution in [0.5, 0.6) is 0 Å². The van der Waals surface area contributed by atoms with E-state index in [1.54, 1.807) is 38.9 Å². The van der Waals surface area contributed by atoms with Crippen LogP contribution in [0.3, 0.4) is 0 Å². The van der Waals surface area contributed by atoms with Gasteiger partial charge in [-0.2, -0.15) is 0 Å². The van der Waals surface area contributed by atoms with E-state index in [-0.39, 0.29) is 87.1 Å². The molecule has 0 saturated carbocycles. The number of hydrogen-bond acceptors (Lipinski definition) is 0. The maximum absolute atomic E-state index is 2.45. The summed E-state index contributed by atoms with van der Waals surface area (Å²) in [7, 11) is 0. The molecular weight excluding hydrogens is 1300 g/mol. The van der Waals surface area contributed by atoms with Crippen molar-refractivity contribution in [3.63, 3.8) is 0 Å². The molecule has 0 atom stereocenters. The summed E-state index contributed by atoms with van der Waals surface area (Å²) >= 11 is 0. The molecule has 0 bridgehead atoms. The zero-order valence-electron chi connectivity index (χ0n) is 68.2. The van der Waals surface area contributed by atoms with E-state index in [0.717, 1.165) is 0 Å². The molecule has 0 aliphatic heterocycles. The molecule has 108 heavy (non-hydrogen) atoms. The van der Waals surface area contributed by atoms with Crippen LogP contribution in [0.4, 0.5) is 0 Å². The van der Waals surface area contributed by atoms with E-state index in [2.05, 4.69) is 386 Å². The van der Waals surface area contributed by atoms with Crippen molar-refractivity contribution in [2.75, 3.05) is 0 Å². The molecule has 0 fully saturated rings. The fraction of sp³-hybridized carbons (Fsp3) is 0.556. The Bertz CT molecular complexity index is 3430. The monoisotopic (exact) mass is 1480 g/mol. The molecule has 0 heteroatoms. The van der Waals surface area contributed by atoms with Crippen LogP contribution in [0.25, 0.3) is 33.4 Å². The minimum Gasteiger partial charge on any atom is -0.0776 e. The Kier molecular flexibility index (Phi) is 58.3. The van der Waals surface area contributed by atoms with Crippen LogP contribution in [-0.4, -0.2) is 0 Å². The Balaban J connectivity index is -0.000000189. The van der Waals surface area contributed by atoms with Crippen molar-refractivity contribution >= 4 is 0 Å². The van der Waals surface area contributed by atoms with E-state index in [4.69, 9.17) is 0 Å². The average Bonchev–Trinajstić information content (AvgIpc) is 0.801. The lowest BCUT2D eigenvalue weighted by atomic mass is 9.77. The van der Waals surface area contributed by atoms with Gasteiger partial charge in [0, 0.05) is 0 Å². The summed E-state index contributed by atoms with van der Waals surface area (Å²) in [6.07, 6.45) is 0. The topological polar surface area (TPSA) is 0 Å². The minimum absolute atomic E-state index is 0. The predicted octanol–water partition coefficient (Wildman–Crippen LogP) is 38.6. The zero-order chi connectivity index (χ0) is 73.2. The van der Waals surface area contributed by atoms with Crippen LogP contribution in [0.2, 0.25) is 0 Å². The highest BCUT2D eigenvalue weighted by atomic mass is 14.3. The fourth-order valence-corrected chi connectivity index (χ4v) is 14.7. The van der Waals surface area contributed by atoms with Crippen LogP contribution in [-0.2, 0) is 5.41 Å². The molecule has 0 amide bonds. The average molecular weight is 1480 g/mol. The third-order valence-electron chi connectivity index (χ3n) is 19.5. The van der Waals surface area contributed by atoms with Crippen LogP contribution in [0, 0.1) is 0 Å². The van der Waals surface area contributed by atoms with E-state index in [1.165, 1.54) is 83.5 Å². The van der Waals surface area contributed by atoms with Crippen molar-refractivity contribution in [3.8, 4) is 33.4 Å². The minimum atomic E-state index is 0. The van der Waals surface area contributed by atoms with Gasteiger partial charge >= 0.3 is 0 Å². The largest absolute Gasteiger partial charge is 0.0776 e. The van der Waals surface area contributed by atoms with E-state index < -0.39 is 0 Å². The first kappa shape index (κ1) is 118. The molecule has 8 aromatic rings. The highest BCUT2D eigenvalue weighted by molar-refractivity contribution is 5.73. The first-order chi connectivity index (χ1) is 45.3. The highest BCUT2D eigenvalue weighted by Crippen LogP contribution is 2.44. The molecule has 0 spiro atoms. The summed E-state index contributed by atoms with van der Waals surface area (Å²) in [4.78, 5) is 0. The molecule has 0 nitrogen and oxygen atoms in total. The van der Waals surface area contributed by atoms with Gasteiger partial charge in [0.15, 0.2) is 0 Å². The Hall–Kier alpha value is -6.24. The zero-order valence-corrected chi connectivity index (χ0v) is 68.2. The molecule has 0 aliphatic rings. The second kappa shape index (κ2) is 53.6. The predicted molar refractivity (Wildman–Crippen MR) is 513 cm³/mol. The third-order valence-corrected chi connectivity index (χ3v) is 19.5. The Labute approximate surface area is 680 Å². The summed E-state index contributed by atoms with van der Waals surface area (Å²) in [5, 5.41) is 0. The van der Waals surface area contributed by atoms with Gasteiger partial charge in [-0.1, -0.05) is 468 Å². The first-order valence-corrected chi connectivity index (χ1v) is 38.3. The molecule has 616 valence electrons. The maximum atomic E-state index is 2.45. The smallest absolute Gasteiger partial charge is 0.0132 e. The van der Waals surface area contributed by atoms with Gasteiger partial charge in [0.05, 0.1) is 0 Å². The maximum Gasteiger partial charge on any atom is -0.0132 e. The van der Waals surface area contributed by atoms with Gasteiger partial charge in [-0.25, -0.2) is 0 Å². The van der Waals surface area contributed by atoms with E-state index >= 15 is 0 Å². The summed E-state index contributed by atoms with van der Waals surface area (Å²) in [5.74, 6) is 8.70. The normalized spacial score (nSPS) is 10.7. The summed E-state index contributed by atoms with van der Waals surface area (Å²) in [5.41, 5.74) is 32.9. The van der Waals surface area contributed by atoms with Gasteiger partial charge in [-0.15, -0.1) is 0 Å². The standard InChI is InChI=1S/3C21H28.C19H32.C15H24.11CH4/c1-14(2)19-12-18(17-10-8-7-9-11-17)13-20(15(3)4)21(19)16(5)6;2*1-14(2)18-12-13-19(17-10-8-7-9-11-17)21(16(5)6)20(18)15(3)4;1-12(2)16-10-15(19(7,8)9)11-17(13(3)4)18(16)14(5)6;1-10(2)13-8-7-9-14(11(3)4)15(13)12(5)6;;;;;;;;;;;/h3*7-16H,1-6H3;10-14H,1-9H3;7-12H,1-6H3;11*1H4. The summed E-state index contributed by atoms with van der Waals surface area (Å²) in [6.45, 7) is 76.2. The Morgan fingerprint density at radius 1 is 0.167 bits per heavy atom. The number of rotatable bonds is 18. The molecule has 0 unspecified atom stereocenters. The highest BCUT2D eigenvalue weighted by Gasteiger charge is 2.26. The van der Waals surface area contributed by atoms with Crippen LogP contribution in [0.1, 0.15) is 488 Å². The van der Waals surface area contributed by atoms with Crippen molar-refractivity contribution in [2.45, 2.75) is 404 Å². The van der Waals surface area contributed by atoms with E-state index in [9.17, 15) is 0 Å². The first-order valence-electron chi connectivity index (χ1n) is 38.3. The van der Waals surface area contributed by atoms with Gasteiger partial charge in [-0.05, 0) is 217 Å². The molecule has 0 heterocycles. The van der Waals surface area contributed by atoms with Gasteiger partial charge in [0.1, 0.15) is 0 Å². The lowest BCUT2D eigenvalue weighted by molar-refractivity contribution is 0.584. The SMILES string of the molecule is C.C.C.C.C.C.C.C.C.C.C.CC(C)c1cc(-c2ccccc2)cc(C(C)C)c1C(C)C.CC(C)c1cc(C(C)(C)C)cc(C(C)C)c1C(C)C.CC(C)c1ccc(-c2ccccc2)c(C(C)C)c1C(C)C.CC(C)c1ccc(-c2ccccc2)c(C(C)C)c1C(C)C.CC(C)c1cccc(C(C)C)c1C(C)C. The quantitative estimate of drug-likeness (QED) is 0.0803. The van der Waals surface area contributed by atoms with Crippen LogP contribution >= 0.6 is 0 Å². The van der Waals surface area contributed by atoms with Crippen molar-refractivity contribution in [2.24, 2.45) is 0 Å². The lowest BCUT2D eigenvalue weighted by Crippen LogP contribution is -2.15. The third kappa shape index (κ3) is 31.5. The fourth-order valence-electron chi connectivity index (χ4n) is 14.7. The molecule has 0 aromatic heterocycles. The van der Waals surface area contributed by atoms with Crippen molar-refractivity contribution < 1.29 is 0 Å². The van der Waals surface area contributed by atoms with Gasteiger partial charge < -0.3 is 0 Å². The van der Waals surface area contributed by atoms with Crippen LogP contribution < -0.4 is 0 Å². The Morgan fingerprint density at radius 3 is 0.583 bits per heavy atom. The van der Waals surface area contributed by atoms with Crippen molar-refractivity contribution in [1.29, 1.82) is 0 Å². The molecule has 8 aromatic carbocycles. The molecule has 0 radical (unpaired) electrons. The Morgan fingerprint density at radius 2 is 0.370 bits per heavy atom. The van der Waals surface area contributed by atoms with Gasteiger partial charge in [0.2, 0.25) is 0 Å². The summed E-state index contributed by atoms with van der Waals surface area (Å²) in [6, 6.07) is 58.1. The van der Waals surface area contributed by atoms with Gasteiger partial charge in [-0.3, -0.25) is 0 Å². The van der Waals surface area contributed by atoms with Crippen LogP contribution in [0.15, 0.2) is 158 Å². The lowest BCUT2D eigenvalue weighted by Gasteiger charge is -2.28. The molecule has 0 saturated heterocycles. The van der Waals surface area contributed by atoms with E-state index in [0.29, 0.717) is 88.8 Å². The van der Waals surface area contributed by atoms with E-state index in [1.807, 2.05) is 0 Å². The van der Waals surface area contributed by atoms with Crippen molar-refractivity contribution in [3.05, 3.63) is 247 Å². The molecule has 0 N–H and O–H groups in total. The molecule has 0 aliphatic carbocycles. The second-order valence-electron chi connectivity index (χ2n) is 33.7. The second-order valence-corrected chi connectivity index (χ2v) is 33.7. The summed E-state index contributed by atoms with van der Waals surface area (Å²) < 4.78 is 0. The molecule has 8 rings (SSSR count). The number of benzene rings is 8.